The topological polar surface area (TPSA) is 24.5 Å². The summed E-state index contributed by atoms with van der Waals surface area (Å²) < 4.78 is 5.62. The summed E-state index contributed by atoms with van der Waals surface area (Å²) in [6, 6.07) is 0. The largest absolute Gasteiger partial charge is 0.378 e. The Hall–Kier alpha value is -0.120. The standard InChI is InChI=1S/C13H28N2O/c1-3-8-14-9-11-15(2)10-4-6-13-7-5-12-16-13/h13-14H,3-12H2,1-2H3. The molecule has 1 heterocycles. The number of hydrogen-bond acceptors (Lipinski definition) is 3. The fourth-order valence-electron chi connectivity index (χ4n) is 2.14. The molecule has 0 radical (unpaired) electrons. The van der Waals surface area contributed by atoms with Crippen molar-refractivity contribution >= 4 is 0 Å². The smallest absolute Gasteiger partial charge is 0.0576 e. The summed E-state index contributed by atoms with van der Waals surface area (Å²) in [5, 5.41) is 3.43. The molecule has 3 nitrogen and oxygen atoms in total. The molecule has 0 aromatic carbocycles. The highest BCUT2D eigenvalue weighted by molar-refractivity contribution is 4.65. The van der Waals surface area contributed by atoms with Gasteiger partial charge in [0.2, 0.25) is 0 Å². The van der Waals surface area contributed by atoms with Crippen LogP contribution in [0, 0.1) is 0 Å². The fourth-order valence-corrected chi connectivity index (χ4v) is 2.14. The Morgan fingerprint density at radius 2 is 2.19 bits per heavy atom. The summed E-state index contributed by atoms with van der Waals surface area (Å²) >= 11 is 0. The van der Waals surface area contributed by atoms with Crippen LogP contribution < -0.4 is 5.32 Å². The molecule has 16 heavy (non-hydrogen) atoms. The van der Waals surface area contributed by atoms with E-state index in [2.05, 4.69) is 24.2 Å². The van der Waals surface area contributed by atoms with Crippen LogP contribution in [-0.4, -0.2) is 50.8 Å². The van der Waals surface area contributed by atoms with Crippen LogP contribution in [0.4, 0.5) is 0 Å². The van der Waals surface area contributed by atoms with E-state index in [0.29, 0.717) is 6.10 Å². The lowest BCUT2D eigenvalue weighted by Gasteiger charge is -2.17. The molecule has 0 aromatic rings. The van der Waals surface area contributed by atoms with Crippen LogP contribution in [0.1, 0.15) is 39.0 Å². The second-order valence-corrected chi connectivity index (χ2v) is 4.83. The monoisotopic (exact) mass is 228 g/mol. The Kier molecular flexibility index (Phi) is 7.81. The molecule has 0 amide bonds. The van der Waals surface area contributed by atoms with Gasteiger partial charge in [0.05, 0.1) is 6.10 Å². The molecule has 0 bridgehead atoms. The number of likely N-dealkylation sites (N-methyl/N-ethyl adjacent to an activating group) is 1. The van der Waals surface area contributed by atoms with Crippen molar-refractivity contribution in [2.45, 2.75) is 45.1 Å². The van der Waals surface area contributed by atoms with Crippen molar-refractivity contribution in [3.63, 3.8) is 0 Å². The van der Waals surface area contributed by atoms with Gasteiger partial charge < -0.3 is 15.0 Å². The molecule has 96 valence electrons. The highest BCUT2D eigenvalue weighted by Gasteiger charge is 2.14. The molecule has 0 aromatic heterocycles. The molecule has 0 aliphatic carbocycles. The number of nitrogens with one attached hydrogen (secondary N) is 1. The number of ether oxygens (including phenoxy) is 1. The predicted octanol–water partition coefficient (Wildman–Crippen LogP) is 1.88. The van der Waals surface area contributed by atoms with Gasteiger partial charge in [-0.05, 0) is 52.2 Å². The first kappa shape index (κ1) is 13.9. The highest BCUT2D eigenvalue weighted by Crippen LogP contribution is 2.16. The van der Waals surface area contributed by atoms with Gasteiger partial charge in [0.15, 0.2) is 0 Å². The van der Waals surface area contributed by atoms with E-state index in [9.17, 15) is 0 Å². The van der Waals surface area contributed by atoms with E-state index < -0.39 is 0 Å². The predicted molar refractivity (Wildman–Crippen MR) is 68.9 cm³/mol. The Labute approximate surface area is 101 Å². The van der Waals surface area contributed by atoms with E-state index in [1.54, 1.807) is 0 Å². The van der Waals surface area contributed by atoms with Crippen LogP contribution >= 0.6 is 0 Å². The SMILES string of the molecule is CCCNCCN(C)CCCC1CCCO1. The maximum absolute atomic E-state index is 5.62. The molecule has 1 rings (SSSR count). The quantitative estimate of drug-likeness (QED) is 0.610. The Morgan fingerprint density at radius 3 is 2.88 bits per heavy atom. The van der Waals surface area contributed by atoms with Crippen molar-refractivity contribution in [3.8, 4) is 0 Å². The number of hydrogen-bond donors (Lipinski definition) is 1. The summed E-state index contributed by atoms with van der Waals surface area (Å²) in [7, 11) is 2.21. The van der Waals surface area contributed by atoms with Crippen molar-refractivity contribution in [1.82, 2.24) is 10.2 Å². The maximum Gasteiger partial charge on any atom is 0.0576 e. The lowest BCUT2D eigenvalue weighted by atomic mass is 10.1. The molecular formula is C13H28N2O. The van der Waals surface area contributed by atoms with E-state index in [1.165, 1.54) is 38.6 Å². The second-order valence-electron chi connectivity index (χ2n) is 4.83. The zero-order valence-electron chi connectivity index (χ0n) is 11.0. The van der Waals surface area contributed by atoms with E-state index in [-0.39, 0.29) is 0 Å². The van der Waals surface area contributed by atoms with Gasteiger partial charge in [-0.15, -0.1) is 0 Å². The summed E-state index contributed by atoms with van der Waals surface area (Å²) in [6.45, 7) is 7.81. The van der Waals surface area contributed by atoms with Gasteiger partial charge in [0.25, 0.3) is 0 Å². The third kappa shape index (κ3) is 6.46. The van der Waals surface area contributed by atoms with Crippen molar-refractivity contribution in [2.75, 3.05) is 39.8 Å². The zero-order valence-corrected chi connectivity index (χ0v) is 11.0. The maximum atomic E-state index is 5.62. The molecule has 1 fully saturated rings. The molecule has 0 spiro atoms. The highest BCUT2D eigenvalue weighted by atomic mass is 16.5. The van der Waals surface area contributed by atoms with Crippen molar-refractivity contribution in [3.05, 3.63) is 0 Å². The van der Waals surface area contributed by atoms with Gasteiger partial charge in [-0.25, -0.2) is 0 Å². The molecule has 1 unspecified atom stereocenters. The Bertz CT molecular complexity index is 158. The number of nitrogens with zero attached hydrogens (tertiary/aromatic N) is 1. The summed E-state index contributed by atoms with van der Waals surface area (Å²) in [6.07, 6.45) is 6.85. The minimum atomic E-state index is 0.562. The van der Waals surface area contributed by atoms with Crippen LogP contribution in [-0.2, 0) is 4.74 Å². The third-order valence-corrected chi connectivity index (χ3v) is 3.19. The minimum absolute atomic E-state index is 0.562. The molecule has 1 saturated heterocycles. The fraction of sp³-hybridized carbons (Fsp3) is 1.00. The molecule has 3 heteroatoms. The van der Waals surface area contributed by atoms with Crippen LogP contribution in [0.5, 0.6) is 0 Å². The van der Waals surface area contributed by atoms with Gasteiger partial charge in [-0.1, -0.05) is 6.92 Å². The van der Waals surface area contributed by atoms with Crippen LogP contribution in [0.15, 0.2) is 0 Å². The van der Waals surface area contributed by atoms with Gasteiger partial charge in [-0.2, -0.15) is 0 Å². The number of rotatable bonds is 9. The first-order valence-corrected chi connectivity index (χ1v) is 6.83. The first-order chi connectivity index (χ1) is 7.83. The van der Waals surface area contributed by atoms with Gasteiger partial charge in [0, 0.05) is 19.7 Å². The summed E-state index contributed by atoms with van der Waals surface area (Å²) in [5.74, 6) is 0. The van der Waals surface area contributed by atoms with Gasteiger partial charge >= 0.3 is 0 Å². The minimum Gasteiger partial charge on any atom is -0.378 e. The average molecular weight is 228 g/mol. The lowest BCUT2D eigenvalue weighted by molar-refractivity contribution is 0.0997. The van der Waals surface area contributed by atoms with E-state index >= 15 is 0 Å². The molecule has 0 saturated carbocycles. The molecule has 1 atom stereocenters. The lowest BCUT2D eigenvalue weighted by Crippen LogP contribution is -2.30. The van der Waals surface area contributed by atoms with Gasteiger partial charge in [0.1, 0.15) is 0 Å². The molecule has 1 aliphatic heterocycles. The van der Waals surface area contributed by atoms with E-state index in [1.807, 2.05) is 0 Å². The molecule has 1 N–H and O–H groups in total. The Morgan fingerprint density at radius 1 is 1.31 bits per heavy atom. The van der Waals surface area contributed by atoms with Crippen molar-refractivity contribution in [1.29, 1.82) is 0 Å². The van der Waals surface area contributed by atoms with Crippen LogP contribution in [0.2, 0.25) is 0 Å². The third-order valence-electron chi connectivity index (χ3n) is 3.19. The molecule has 1 aliphatic rings. The second kappa shape index (κ2) is 8.97. The first-order valence-electron chi connectivity index (χ1n) is 6.83. The average Bonchev–Trinajstić information content (AvgIpc) is 2.77. The van der Waals surface area contributed by atoms with E-state index in [4.69, 9.17) is 4.74 Å². The van der Waals surface area contributed by atoms with Crippen molar-refractivity contribution < 1.29 is 4.74 Å². The van der Waals surface area contributed by atoms with Crippen molar-refractivity contribution in [2.24, 2.45) is 0 Å². The van der Waals surface area contributed by atoms with Gasteiger partial charge in [-0.3, -0.25) is 0 Å². The van der Waals surface area contributed by atoms with Crippen LogP contribution in [0.25, 0.3) is 0 Å². The normalized spacial score (nSPS) is 20.8. The van der Waals surface area contributed by atoms with E-state index in [0.717, 1.165) is 26.2 Å². The summed E-state index contributed by atoms with van der Waals surface area (Å²) in [5.41, 5.74) is 0. The molecular weight excluding hydrogens is 200 g/mol. The Balaban J connectivity index is 1.87. The zero-order chi connectivity index (χ0) is 11.6. The summed E-state index contributed by atoms with van der Waals surface area (Å²) in [4.78, 5) is 2.41. The van der Waals surface area contributed by atoms with Crippen LogP contribution in [0.3, 0.4) is 0 Å².